The lowest BCUT2D eigenvalue weighted by Gasteiger charge is -2.29. The molecule has 128 valence electrons. The summed E-state index contributed by atoms with van der Waals surface area (Å²) in [7, 11) is 0. The Morgan fingerprint density at radius 1 is 1.39 bits per heavy atom. The van der Waals surface area contributed by atoms with Gasteiger partial charge in [-0.15, -0.1) is 0 Å². The van der Waals surface area contributed by atoms with Crippen molar-refractivity contribution in [3.05, 3.63) is 33.2 Å². The fourth-order valence-corrected chi connectivity index (χ4v) is 3.04. The standard InChI is InChI=1S/C15H18ClF3N2O2/c1-9-4-2-3-5-12(9)20-13(22)8-21-7-10(15(17,18)19)6-11(16)14(21)23/h6-7,9,12H,2-5,8H2,1H3,(H,20,22). The van der Waals surface area contributed by atoms with Gasteiger partial charge in [0.15, 0.2) is 0 Å². The zero-order chi connectivity index (χ0) is 17.2. The molecule has 1 aromatic heterocycles. The van der Waals surface area contributed by atoms with Crippen molar-refractivity contribution in [3.8, 4) is 0 Å². The first-order chi connectivity index (χ1) is 10.7. The van der Waals surface area contributed by atoms with Crippen molar-refractivity contribution >= 4 is 17.5 Å². The van der Waals surface area contributed by atoms with Gasteiger partial charge in [0.25, 0.3) is 5.56 Å². The van der Waals surface area contributed by atoms with Crippen molar-refractivity contribution in [2.45, 2.75) is 51.4 Å². The van der Waals surface area contributed by atoms with Gasteiger partial charge in [-0.05, 0) is 24.8 Å². The number of rotatable bonds is 3. The minimum absolute atomic E-state index is 0.00628. The molecule has 0 aliphatic heterocycles. The van der Waals surface area contributed by atoms with Gasteiger partial charge in [0.2, 0.25) is 5.91 Å². The summed E-state index contributed by atoms with van der Waals surface area (Å²) in [6.45, 7) is 1.54. The predicted octanol–water partition coefficient (Wildman–Crippen LogP) is 3.22. The van der Waals surface area contributed by atoms with E-state index in [-0.39, 0.29) is 6.04 Å². The number of nitrogens with one attached hydrogen (secondary N) is 1. The number of hydrogen-bond donors (Lipinski definition) is 1. The number of alkyl halides is 3. The molecule has 0 aromatic carbocycles. The Kier molecular flexibility index (Phi) is 5.39. The first-order valence-electron chi connectivity index (χ1n) is 7.45. The Morgan fingerprint density at radius 3 is 2.65 bits per heavy atom. The van der Waals surface area contributed by atoms with Crippen LogP contribution in [0.15, 0.2) is 17.1 Å². The van der Waals surface area contributed by atoms with Crippen molar-refractivity contribution in [2.75, 3.05) is 0 Å². The fraction of sp³-hybridized carbons (Fsp3) is 0.600. The van der Waals surface area contributed by atoms with E-state index in [2.05, 4.69) is 5.32 Å². The molecule has 0 spiro atoms. The van der Waals surface area contributed by atoms with Crippen LogP contribution in [-0.4, -0.2) is 16.5 Å². The zero-order valence-electron chi connectivity index (χ0n) is 12.6. The van der Waals surface area contributed by atoms with Crippen LogP contribution in [-0.2, 0) is 17.5 Å². The molecule has 0 radical (unpaired) electrons. The van der Waals surface area contributed by atoms with Crippen LogP contribution < -0.4 is 10.9 Å². The van der Waals surface area contributed by atoms with Crippen LogP contribution >= 0.6 is 11.6 Å². The Balaban J connectivity index is 2.14. The number of pyridine rings is 1. The third kappa shape index (κ3) is 4.50. The van der Waals surface area contributed by atoms with Gasteiger partial charge in [-0.1, -0.05) is 31.4 Å². The molecule has 1 amide bonds. The maximum absolute atomic E-state index is 12.8. The monoisotopic (exact) mass is 350 g/mol. The van der Waals surface area contributed by atoms with E-state index < -0.39 is 34.8 Å². The van der Waals surface area contributed by atoms with Crippen LogP contribution in [0, 0.1) is 5.92 Å². The van der Waals surface area contributed by atoms with E-state index in [9.17, 15) is 22.8 Å². The highest BCUT2D eigenvalue weighted by Crippen LogP contribution is 2.29. The minimum Gasteiger partial charge on any atom is -0.352 e. The first-order valence-corrected chi connectivity index (χ1v) is 7.83. The molecule has 1 fully saturated rings. The van der Waals surface area contributed by atoms with Gasteiger partial charge >= 0.3 is 6.18 Å². The highest BCUT2D eigenvalue weighted by Gasteiger charge is 2.32. The number of carbonyl (C=O) groups is 1. The Labute approximate surface area is 136 Å². The van der Waals surface area contributed by atoms with Gasteiger partial charge < -0.3 is 9.88 Å². The quantitative estimate of drug-likeness (QED) is 0.910. The molecule has 1 heterocycles. The molecule has 23 heavy (non-hydrogen) atoms. The third-order valence-electron chi connectivity index (χ3n) is 4.14. The number of hydrogen-bond acceptors (Lipinski definition) is 2. The Morgan fingerprint density at radius 2 is 2.04 bits per heavy atom. The summed E-state index contributed by atoms with van der Waals surface area (Å²) < 4.78 is 39.0. The maximum Gasteiger partial charge on any atom is 0.417 e. The second kappa shape index (κ2) is 6.95. The smallest absolute Gasteiger partial charge is 0.352 e. The van der Waals surface area contributed by atoms with Gasteiger partial charge in [0, 0.05) is 12.2 Å². The largest absolute Gasteiger partial charge is 0.417 e. The summed E-state index contributed by atoms with van der Waals surface area (Å²) >= 11 is 5.56. The van der Waals surface area contributed by atoms with E-state index in [1.165, 1.54) is 0 Å². The Bertz CT molecular complexity index is 643. The highest BCUT2D eigenvalue weighted by atomic mass is 35.5. The van der Waals surface area contributed by atoms with Crippen LogP contribution in [0.1, 0.15) is 38.2 Å². The van der Waals surface area contributed by atoms with E-state index in [0.717, 1.165) is 25.7 Å². The van der Waals surface area contributed by atoms with Gasteiger partial charge in [-0.2, -0.15) is 13.2 Å². The number of aromatic nitrogens is 1. The van der Waals surface area contributed by atoms with E-state index in [1.807, 2.05) is 6.92 Å². The molecule has 4 nitrogen and oxygen atoms in total. The summed E-state index contributed by atoms with van der Waals surface area (Å²) in [5.41, 5.74) is -1.87. The normalized spacial score (nSPS) is 22.0. The average molecular weight is 351 g/mol. The van der Waals surface area contributed by atoms with Crippen molar-refractivity contribution in [1.82, 2.24) is 9.88 Å². The second-order valence-corrected chi connectivity index (χ2v) is 6.35. The van der Waals surface area contributed by atoms with Crippen LogP contribution in [0.25, 0.3) is 0 Å². The SMILES string of the molecule is CC1CCCCC1NC(=O)Cn1cc(C(F)(F)F)cc(Cl)c1=O. The molecular formula is C15H18ClF3N2O2. The van der Waals surface area contributed by atoms with E-state index >= 15 is 0 Å². The lowest BCUT2D eigenvalue weighted by molar-refractivity contribution is -0.138. The van der Waals surface area contributed by atoms with Crippen LogP contribution in [0.3, 0.4) is 0 Å². The zero-order valence-corrected chi connectivity index (χ0v) is 13.4. The summed E-state index contributed by atoms with van der Waals surface area (Å²) in [5.74, 6) is -0.171. The lowest BCUT2D eigenvalue weighted by Crippen LogP contribution is -2.43. The number of carbonyl (C=O) groups excluding carboxylic acids is 1. The summed E-state index contributed by atoms with van der Waals surface area (Å²) in [6.07, 6.45) is -0.0577. The number of halogens is 4. The molecule has 2 rings (SSSR count). The molecule has 2 atom stereocenters. The predicted molar refractivity (Wildman–Crippen MR) is 80.3 cm³/mol. The molecular weight excluding hydrogens is 333 g/mol. The van der Waals surface area contributed by atoms with Gasteiger partial charge in [0.05, 0.1) is 5.56 Å². The van der Waals surface area contributed by atoms with Crippen molar-refractivity contribution in [1.29, 1.82) is 0 Å². The summed E-state index contributed by atoms with van der Waals surface area (Å²) in [5, 5.41) is 2.24. The lowest BCUT2D eigenvalue weighted by atomic mass is 9.86. The Hall–Kier alpha value is -1.50. The molecule has 0 bridgehead atoms. The topological polar surface area (TPSA) is 51.1 Å². The molecule has 1 N–H and O–H groups in total. The molecule has 1 aromatic rings. The van der Waals surface area contributed by atoms with E-state index in [0.29, 0.717) is 22.7 Å². The summed E-state index contributed by atoms with van der Waals surface area (Å²) in [4.78, 5) is 23.9. The molecule has 1 aliphatic rings. The molecule has 1 saturated carbocycles. The van der Waals surface area contributed by atoms with Gasteiger partial charge in [-0.25, -0.2) is 0 Å². The van der Waals surface area contributed by atoms with E-state index in [1.54, 1.807) is 0 Å². The number of amides is 1. The molecule has 2 unspecified atom stereocenters. The van der Waals surface area contributed by atoms with Crippen LogP contribution in [0.2, 0.25) is 5.02 Å². The third-order valence-corrected chi connectivity index (χ3v) is 4.41. The summed E-state index contributed by atoms with van der Waals surface area (Å²) in [6, 6.07) is 0.565. The maximum atomic E-state index is 12.8. The fourth-order valence-electron chi connectivity index (χ4n) is 2.81. The second-order valence-electron chi connectivity index (χ2n) is 5.94. The molecule has 0 saturated heterocycles. The molecule has 1 aliphatic carbocycles. The van der Waals surface area contributed by atoms with Crippen molar-refractivity contribution in [3.63, 3.8) is 0 Å². The highest BCUT2D eigenvalue weighted by molar-refractivity contribution is 6.30. The van der Waals surface area contributed by atoms with Crippen LogP contribution in [0.4, 0.5) is 13.2 Å². The van der Waals surface area contributed by atoms with Crippen LogP contribution in [0.5, 0.6) is 0 Å². The first kappa shape index (κ1) is 17.8. The van der Waals surface area contributed by atoms with Crippen molar-refractivity contribution in [2.24, 2.45) is 5.92 Å². The van der Waals surface area contributed by atoms with E-state index in [4.69, 9.17) is 11.6 Å². The van der Waals surface area contributed by atoms with Gasteiger partial charge in [0.1, 0.15) is 11.6 Å². The average Bonchev–Trinajstić information content (AvgIpc) is 2.45. The minimum atomic E-state index is -4.63. The van der Waals surface area contributed by atoms with Crippen molar-refractivity contribution < 1.29 is 18.0 Å². The molecule has 8 heteroatoms. The van der Waals surface area contributed by atoms with Gasteiger partial charge in [-0.3, -0.25) is 9.59 Å². The number of nitrogens with zero attached hydrogens (tertiary/aromatic N) is 1.